The van der Waals surface area contributed by atoms with Crippen LogP contribution < -0.4 is 0 Å². The van der Waals surface area contributed by atoms with Gasteiger partial charge in [-0.05, 0) is 12.1 Å². The van der Waals surface area contributed by atoms with Gasteiger partial charge >= 0.3 is 6.18 Å². The maximum atomic E-state index is 12.2. The molecule has 16 heavy (non-hydrogen) atoms. The zero-order valence-corrected chi connectivity index (χ0v) is 8.67. The number of carbonyl (C=O) groups excluding carboxylic acids is 1. The number of halogens is 4. The van der Waals surface area contributed by atoms with Crippen molar-refractivity contribution in [3.8, 4) is 0 Å². The number of alkyl halides is 3. The molecule has 1 rings (SSSR count). The average Bonchev–Trinajstić information content (AvgIpc) is 2.15. The van der Waals surface area contributed by atoms with Crippen molar-refractivity contribution in [2.75, 3.05) is 7.05 Å². The van der Waals surface area contributed by atoms with Gasteiger partial charge in [0.25, 0.3) is 5.91 Å². The zero-order chi connectivity index (χ0) is 12.5. The summed E-state index contributed by atoms with van der Waals surface area (Å²) in [5.41, 5.74) is -1.51. The average molecular weight is 255 g/mol. The van der Waals surface area contributed by atoms with Gasteiger partial charge in [-0.15, -0.1) is 0 Å². The molecule has 0 unspecified atom stereocenters. The van der Waals surface area contributed by atoms with E-state index in [1.807, 2.05) is 0 Å². The summed E-state index contributed by atoms with van der Waals surface area (Å²) in [4.78, 5) is 14.2. The molecule has 0 spiro atoms. The molecule has 0 saturated carbocycles. The molecule has 0 aliphatic rings. The number of hydrogen-bond donors (Lipinski definition) is 1. The molecule has 0 aromatic carbocycles. The molecule has 1 aromatic heterocycles. The van der Waals surface area contributed by atoms with Crippen LogP contribution in [0.1, 0.15) is 16.1 Å². The Morgan fingerprint density at radius 2 is 2.06 bits per heavy atom. The second kappa shape index (κ2) is 4.26. The fourth-order valence-corrected chi connectivity index (χ4v) is 1.16. The van der Waals surface area contributed by atoms with E-state index in [0.717, 1.165) is 13.1 Å². The number of hydroxylamine groups is 2. The van der Waals surface area contributed by atoms with Crippen LogP contribution in [0.15, 0.2) is 12.1 Å². The minimum atomic E-state index is -4.63. The Morgan fingerprint density at radius 1 is 1.50 bits per heavy atom. The molecule has 1 heterocycles. The SMILES string of the molecule is CN(O)C(=O)c1ccc(C(F)(F)F)nc1Cl. The van der Waals surface area contributed by atoms with Gasteiger partial charge in [0.05, 0.1) is 5.56 Å². The molecule has 0 aliphatic carbocycles. The monoisotopic (exact) mass is 254 g/mol. The van der Waals surface area contributed by atoms with Crippen molar-refractivity contribution in [3.63, 3.8) is 0 Å². The number of aromatic nitrogens is 1. The summed E-state index contributed by atoms with van der Waals surface area (Å²) in [6.07, 6.45) is -4.63. The normalized spacial score (nSPS) is 11.4. The lowest BCUT2D eigenvalue weighted by atomic mass is 10.2. The van der Waals surface area contributed by atoms with E-state index in [4.69, 9.17) is 16.8 Å². The summed E-state index contributed by atoms with van der Waals surface area (Å²) in [6, 6.07) is 1.47. The fraction of sp³-hybridized carbons (Fsp3) is 0.250. The number of pyridine rings is 1. The maximum Gasteiger partial charge on any atom is 0.433 e. The molecule has 0 saturated heterocycles. The highest BCUT2D eigenvalue weighted by Crippen LogP contribution is 2.29. The lowest BCUT2D eigenvalue weighted by molar-refractivity contribution is -0.141. The van der Waals surface area contributed by atoms with Crippen molar-refractivity contribution >= 4 is 17.5 Å². The van der Waals surface area contributed by atoms with Gasteiger partial charge in [-0.2, -0.15) is 13.2 Å². The lowest BCUT2D eigenvalue weighted by Gasteiger charge is -2.11. The van der Waals surface area contributed by atoms with Crippen LogP contribution in [0.5, 0.6) is 0 Å². The van der Waals surface area contributed by atoms with Crippen molar-refractivity contribution in [1.82, 2.24) is 10.0 Å². The summed E-state index contributed by atoms with van der Waals surface area (Å²) < 4.78 is 36.6. The first-order valence-electron chi connectivity index (χ1n) is 3.94. The lowest BCUT2D eigenvalue weighted by Crippen LogP contribution is -2.23. The summed E-state index contributed by atoms with van der Waals surface area (Å²) in [6.45, 7) is 0. The van der Waals surface area contributed by atoms with Gasteiger partial charge in [0.15, 0.2) is 0 Å². The first kappa shape index (κ1) is 12.7. The maximum absolute atomic E-state index is 12.2. The molecule has 0 aliphatic heterocycles. The molecule has 1 aromatic rings. The first-order valence-corrected chi connectivity index (χ1v) is 4.32. The van der Waals surface area contributed by atoms with Gasteiger partial charge in [-0.1, -0.05) is 11.6 Å². The van der Waals surface area contributed by atoms with Crippen molar-refractivity contribution in [3.05, 3.63) is 28.5 Å². The summed E-state index contributed by atoms with van der Waals surface area (Å²) in [5.74, 6) is -0.939. The Labute approximate surface area is 93.2 Å². The quantitative estimate of drug-likeness (QED) is 0.475. The fourth-order valence-electron chi connectivity index (χ4n) is 0.926. The summed E-state index contributed by atoms with van der Waals surface area (Å²) in [7, 11) is 1.02. The van der Waals surface area contributed by atoms with Gasteiger partial charge in [0.1, 0.15) is 10.8 Å². The van der Waals surface area contributed by atoms with Gasteiger partial charge in [0, 0.05) is 7.05 Å². The van der Waals surface area contributed by atoms with E-state index in [2.05, 4.69) is 4.98 Å². The van der Waals surface area contributed by atoms with E-state index in [-0.39, 0.29) is 10.6 Å². The molecule has 0 bridgehead atoms. The molecule has 0 radical (unpaired) electrons. The third kappa shape index (κ3) is 2.61. The predicted octanol–water partition coefficient (Wildman–Crippen LogP) is 2.21. The highest BCUT2D eigenvalue weighted by Gasteiger charge is 2.33. The van der Waals surface area contributed by atoms with Crippen molar-refractivity contribution in [2.45, 2.75) is 6.18 Å². The van der Waals surface area contributed by atoms with Gasteiger partial charge < -0.3 is 0 Å². The molecule has 4 nitrogen and oxygen atoms in total. The van der Waals surface area contributed by atoms with Gasteiger partial charge in [0.2, 0.25) is 0 Å². The Balaban J connectivity index is 3.15. The second-order valence-electron chi connectivity index (χ2n) is 2.86. The van der Waals surface area contributed by atoms with Gasteiger partial charge in [-0.25, -0.2) is 10.0 Å². The molecule has 8 heteroatoms. The van der Waals surface area contributed by atoms with E-state index in [0.29, 0.717) is 6.07 Å². The summed E-state index contributed by atoms with van der Waals surface area (Å²) in [5, 5.41) is 8.40. The molecule has 1 amide bonds. The minimum absolute atomic E-state index is 0.205. The van der Waals surface area contributed by atoms with Crippen LogP contribution in [-0.2, 0) is 6.18 Å². The smallest absolute Gasteiger partial charge is 0.286 e. The van der Waals surface area contributed by atoms with E-state index >= 15 is 0 Å². The van der Waals surface area contributed by atoms with Crippen LogP contribution in [0, 0.1) is 0 Å². The third-order valence-electron chi connectivity index (χ3n) is 1.66. The molecule has 0 fully saturated rings. The highest BCUT2D eigenvalue weighted by atomic mass is 35.5. The van der Waals surface area contributed by atoms with Crippen molar-refractivity contribution in [1.29, 1.82) is 0 Å². The Kier molecular flexibility index (Phi) is 3.39. The molecular weight excluding hydrogens is 249 g/mol. The Hall–Kier alpha value is -1.34. The number of amides is 1. The largest absolute Gasteiger partial charge is 0.433 e. The van der Waals surface area contributed by atoms with E-state index in [1.54, 1.807) is 0 Å². The number of nitrogens with zero attached hydrogens (tertiary/aromatic N) is 2. The van der Waals surface area contributed by atoms with Crippen LogP contribution in [0.2, 0.25) is 5.15 Å². The van der Waals surface area contributed by atoms with Gasteiger partial charge in [-0.3, -0.25) is 10.0 Å². The molecule has 88 valence electrons. The summed E-state index contributed by atoms with van der Waals surface area (Å²) >= 11 is 5.40. The van der Waals surface area contributed by atoms with Crippen LogP contribution in [0.3, 0.4) is 0 Å². The molecule has 0 atom stereocenters. The highest BCUT2D eigenvalue weighted by molar-refractivity contribution is 6.32. The standard InChI is InChI=1S/C8H6ClF3N2O2/c1-14(16)7(15)4-2-3-5(8(10,11)12)13-6(4)9/h2-3,16H,1H3. The minimum Gasteiger partial charge on any atom is -0.286 e. The van der Waals surface area contributed by atoms with E-state index in [9.17, 15) is 18.0 Å². The predicted molar refractivity (Wildman–Crippen MR) is 48.1 cm³/mol. The van der Waals surface area contributed by atoms with Crippen LogP contribution in [0.4, 0.5) is 13.2 Å². The molecular formula is C8H6ClF3N2O2. The topological polar surface area (TPSA) is 53.4 Å². The van der Waals surface area contributed by atoms with Crippen LogP contribution in [-0.4, -0.2) is 28.2 Å². The van der Waals surface area contributed by atoms with Crippen molar-refractivity contribution < 1.29 is 23.2 Å². The third-order valence-corrected chi connectivity index (χ3v) is 1.95. The Morgan fingerprint density at radius 3 is 2.44 bits per heavy atom. The van der Waals surface area contributed by atoms with E-state index < -0.39 is 22.9 Å². The van der Waals surface area contributed by atoms with Crippen LogP contribution in [0.25, 0.3) is 0 Å². The second-order valence-corrected chi connectivity index (χ2v) is 3.22. The number of rotatable bonds is 1. The van der Waals surface area contributed by atoms with E-state index in [1.165, 1.54) is 0 Å². The number of carbonyl (C=O) groups is 1. The molecule has 1 N–H and O–H groups in total. The Bertz CT molecular complexity index is 420. The van der Waals surface area contributed by atoms with Crippen LogP contribution >= 0.6 is 11.6 Å². The first-order chi connectivity index (χ1) is 7.23. The number of hydrogen-bond acceptors (Lipinski definition) is 3. The zero-order valence-electron chi connectivity index (χ0n) is 7.92. The van der Waals surface area contributed by atoms with Crippen molar-refractivity contribution in [2.24, 2.45) is 0 Å².